The molecule has 0 N–H and O–H groups in total. The molecule has 1 aromatic rings. The Hall–Kier alpha value is -0.850. The van der Waals surface area contributed by atoms with E-state index < -0.39 is 0 Å². The van der Waals surface area contributed by atoms with E-state index in [1.54, 1.807) is 0 Å². The molecule has 0 atom stereocenters. The summed E-state index contributed by atoms with van der Waals surface area (Å²) in [7, 11) is 0. The minimum Gasteiger partial charge on any atom is -0.372 e. The number of hydrogen-bond acceptors (Lipinski definition) is 3. The predicted octanol–water partition coefficient (Wildman–Crippen LogP) is 3.53. The molecule has 0 aliphatic heterocycles. The summed E-state index contributed by atoms with van der Waals surface area (Å²) in [6.07, 6.45) is 0. The fourth-order valence-electron chi connectivity index (χ4n) is 1.37. The summed E-state index contributed by atoms with van der Waals surface area (Å²) >= 11 is 1.20. The van der Waals surface area contributed by atoms with E-state index in [4.69, 9.17) is 5.26 Å². The second-order valence-corrected chi connectivity index (χ2v) is 3.72. The molecule has 1 rings (SSSR count). The number of hydrogen-bond donors (Lipinski definition) is 0. The lowest BCUT2D eigenvalue weighted by Crippen LogP contribution is -2.21. The third-order valence-electron chi connectivity index (χ3n) is 2.13. The molecule has 0 saturated carbocycles. The number of halogens is 1. The fraction of sp³-hybridized carbons (Fsp3) is 0.364. The standard InChI is InChI=1S/C11H14N2S.ClH/c1-3-13(4-2)10-5-7-11(8-6-10)14-9-12;/h5-8H,3-4H2,1-2H3;1H. The number of thiocyanates is 1. The van der Waals surface area contributed by atoms with Gasteiger partial charge in [-0.2, -0.15) is 5.26 Å². The highest BCUT2D eigenvalue weighted by Gasteiger charge is 2.00. The number of nitrogens with zero attached hydrogens (tertiary/aromatic N) is 2. The van der Waals surface area contributed by atoms with E-state index in [-0.39, 0.29) is 12.4 Å². The minimum absolute atomic E-state index is 0. The molecule has 0 fully saturated rings. The van der Waals surface area contributed by atoms with Crippen LogP contribution in [0.15, 0.2) is 29.2 Å². The van der Waals surface area contributed by atoms with E-state index in [1.807, 2.05) is 12.1 Å². The Kier molecular flexibility index (Phi) is 7.02. The molecule has 0 radical (unpaired) electrons. The molecule has 2 nitrogen and oxygen atoms in total. The summed E-state index contributed by atoms with van der Waals surface area (Å²) in [5.74, 6) is 0. The lowest BCUT2D eigenvalue weighted by atomic mass is 10.3. The Morgan fingerprint density at radius 2 is 1.73 bits per heavy atom. The number of thioether (sulfide) groups is 1. The summed E-state index contributed by atoms with van der Waals surface area (Å²) < 4.78 is 0. The van der Waals surface area contributed by atoms with Gasteiger partial charge in [0, 0.05) is 23.7 Å². The smallest absolute Gasteiger partial charge is 0.138 e. The van der Waals surface area contributed by atoms with Crippen LogP contribution in [0.3, 0.4) is 0 Å². The van der Waals surface area contributed by atoms with Crippen LogP contribution in [0.2, 0.25) is 0 Å². The van der Waals surface area contributed by atoms with Crippen molar-refractivity contribution in [3.05, 3.63) is 24.3 Å². The molecule has 0 amide bonds. The molecule has 15 heavy (non-hydrogen) atoms. The number of nitriles is 1. The summed E-state index contributed by atoms with van der Waals surface area (Å²) in [5, 5.41) is 10.6. The molecule has 4 heteroatoms. The molecule has 0 spiro atoms. The zero-order valence-electron chi connectivity index (χ0n) is 8.93. The fourth-order valence-corrected chi connectivity index (χ4v) is 1.74. The number of anilines is 1. The van der Waals surface area contributed by atoms with Crippen LogP contribution < -0.4 is 4.90 Å². The maximum atomic E-state index is 8.49. The SMILES string of the molecule is CCN(CC)c1ccc(SC#N)cc1.Cl. The first-order valence-corrected chi connectivity index (χ1v) is 5.54. The average Bonchev–Trinajstić information content (AvgIpc) is 2.23. The number of benzene rings is 1. The van der Waals surface area contributed by atoms with Crippen molar-refractivity contribution in [2.75, 3.05) is 18.0 Å². The Morgan fingerprint density at radius 3 is 2.13 bits per heavy atom. The average molecular weight is 243 g/mol. The topological polar surface area (TPSA) is 27.0 Å². The van der Waals surface area contributed by atoms with Crippen LogP contribution in [0.1, 0.15) is 13.8 Å². The van der Waals surface area contributed by atoms with Gasteiger partial charge in [0.15, 0.2) is 0 Å². The van der Waals surface area contributed by atoms with Crippen molar-refractivity contribution < 1.29 is 0 Å². The van der Waals surface area contributed by atoms with Gasteiger partial charge in [0.1, 0.15) is 5.40 Å². The quantitative estimate of drug-likeness (QED) is 0.597. The van der Waals surface area contributed by atoms with E-state index in [0.717, 1.165) is 18.0 Å². The van der Waals surface area contributed by atoms with Crippen LogP contribution in [0.25, 0.3) is 0 Å². The van der Waals surface area contributed by atoms with Gasteiger partial charge in [-0.15, -0.1) is 12.4 Å². The van der Waals surface area contributed by atoms with Crippen molar-refractivity contribution in [3.8, 4) is 5.40 Å². The molecule has 82 valence electrons. The van der Waals surface area contributed by atoms with Crippen molar-refractivity contribution in [2.24, 2.45) is 0 Å². The van der Waals surface area contributed by atoms with Crippen LogP contribution in [0.5, 0.6) is 0 Å². The molecule has 1 aromatic carbocycles. The number of rotatable bonds is 4. The normalized spacial score (nSPS) is 8.87. The summed E-state index contributed by atoms with van der Waals surface area (Å²) in [6, 6.07) is 8.10. The van der Waals surface area contributed by atoms with Gasteiger partial charge < -0.3 is 4.90 Å². The highest BCUT2D eigenvalue weighted by Crippen LogP contribution is 2.21. The van der Waals surface area contributed by atoms with Gasteiger partial charge in [-0.1, -0.05) is 0 Å². The summed E-state index contributed by atoms with van der Waals surface area (Å²) in [4.78, 5) is 3.28. The van der Waals surface area contributed by atoms with Crippen molar-refractivity contribution in [1.29, 1.82) is 5.26 Å². The molecular formula is C11H15ClN2S. The minimum atomic E-state index is 0. The molecule has 0 saturated heterocycles. The molecule has 0 aliphatic rings. The van der Waals surface area contributed by atoms with E-state index in [1.165, 1.54) is 17.4 Å². The van der Waals surface area contributed by atoms with Gasteiger partial charge in [-0.05, 0) is 49.9 Å². The van der Waals surface area contributed by atoms with Crippen molar-refractivity contribution in [2.45, 2.75) is 18.7 Å². The highest BCUT2D eigenvalue weighted by atomic mass is 35.5. The molecule has 0 unspecified atom stereocenters. The molecule has 0 heterocycles. The van der Waals surface area contributed by atoms with E-state index in [0.29, 0.717) is 0 Å². The summed E-state index contributed by atoms with van der Waals surface area (Å²) in [6.45, 7) is 6.31. The monoisotopic (exact) mass is 242 g/mol. The van der Waals surface area contributed by atoms with Crippen molar-refractivity contribution in [3.63, 3.8) is 0 Å². The highest BCUT2D eigenvalue weighted by molar-refractivity contribution is 8.03. The maximum Gasteiger partial charge on any atom is 0.138 e. The van der Waals surface area contributed by atoms with Crippen LogP contribution in [-0.4, -0.2) is 13.1 Å². The van der Waals surface area contributed by atoms with Crippen LogP contribution in [0, 0.1) is 10.7 Å². The Morgan fingerprint density at radius 1 is 1.20 bits per heavy atom. The van der Waals surface area contributed by atoms with Gasteiger partial charge in [0.05, 0.1) is 0 Å². The predicted molar refractivity (Wildman–Crippen MR) is 68.7 cm³/mol. The molecule has 0 aromatic heterocycles. The lowest BCUT2D eigenvalue weighted by Gasteiger charge is -2.20. The first-order valence-electron chi connectivity index (χ1n) is 4.72. The van der Waals surface area contributed by atoms with Gasteiger partial charge in [0.25, 0.3) is 0 Å². The first-order chi connectivity index (χ1) is 6.81. The second-order valence-electron chi connectivity index (χ2n) is 2.86. The zero-order valence-corrected chi connectivity index (χ0v) is 10.6. The Bertz CT molecular complexity index is 314. The molecular weight excluding hydrogens is 228 g/mol. The van der Waals surface area contributed by atoms with E-state index in [9.17, 15) is 0 Å². The summed E-state index contributed by atoms with van der Waals surface area (Å²) in [5.41, 5.74) is 1.22. The Labute approximate surface area is 102 Å². The first kappa shape index (κ1) is 14.2. The molecule has 0 bridgehead atoms. The van der Waals surface area contributed by atoms with Gasteiger partial charge in [-0.3, -0.25) is 0 Å². The second kappa shape index (κ2) is 7.44. The van der Waals surface area contributed by atoms with Crippen LogP contribution >= 0.6 is 24.2 Å². The third kappa shape index (κ3) is 4.03. The van der Waals surface area contributed by atoms with E-state index in [2.05, 4.69) is 36.3 Å². The third-order valence-corrected chi connectivity index (χ3v) is 2.73. The zero-order chi connectivity index (χ0) is 10.4. The molecule has 0 aliphatic carbocycles. The van der Waals surface area contributed by atoms with E-state index >= 15 is 0 Å². The van der Waals surface area contributed by atoms with Gasteiger partial charge in [-0.25, -0.2) is 0 Å². The maximum absolute atomic E-state index is 8.49. The van der Waals surface area contributed by atoms with Crippen molar-refractivity contribution >= 4 is 29.9 Å². The van der Waals surface area contributed by atoms with Crippen LogP contribution in [0.4, 0.5) is 5.69 Å². The lowest BCUT2D eigenvalue weighted by molar-refractivity contribution is 0.865. The van der Waals surface area contributed by atoms with Crippen LogP contribution in [-0.2, 0) is 0 Å². The Balaban J connectivity index is 0.00000196. The van der Waals surface area contributed by atoms with Gasteiger partial charge in [0.2, 0.25) is 0 Å². The van der Waals surface area contributed by atoms with Gasteiger partial charge >= 0.3 is 0 Å². The van der Waals surface area contributed by atoms with Crippen molar-refractivity contribution in [1.82, 2.24) is 0 Å². The largest absolute Gasteiger partial charge is 0.372 e.